The first-order valence-electron chi connectivity index (χ1n) is 8.40. The van der Waals surface area contributed by atoms with Gasteiger partial charge in [0.05, 0.1) is 0 Å². The average Bonchev–Trinajstić information content (AvgIpc) is 3.29. The third-order valence-corrected chi connectivity index (χ3v) is 5.54. The van der Waals surface area contributed by atoms with Crippen LogP contribution in [0.25, 0.3) is 0 Å². The van der Waals surface area contributed by atoms with E-state index in [2.05, 4.69) is 23.8 Å². The van der Waals surface area contributed by atoms with E-state index in [1.807, 2.05) is 6.07 Å². The van der Waals surface area contributed by atoms with Gasteiger partial charge in [-0.25, -0.2) is 4.98 Å². The Balaban J connectivity index is 2.05. The highest BCUT2D eigenvalue weighted by molar-refractivity contribution is 7.12. The molecule has 2 aromatic rings. The number of hydrogen-bond donors (Lipinski definition) is 0. The number of thiazole rings is 1. The van der Waals surface area contributed by atoms with Crippen molar-refractivity contribution >= 4 is 29.3 Å². The van der Waals surface area contributed by atoms with E-state index in [-0.39, 0.29) is 5.78 Å². The molecule has 1 unspecified atom stereocenters. The summed E-state index contributed by atoms with van der Waals surface area (Å²) in [5, 5.41) is 0.587. The SMILES string of the molecule is CC(=O)O[C@H](C(=O)C1(c2ncc(C(C)C)s2)C=CC=N1)c1ccccc1. The van der Waals surface area contributed by atoms with Gasteiger partial charge in [-0.1, -0.05) is 44.2 Å². The second-order valence-electron chi connectivity index (χ2n) is 6.39. The molecule has 1 aromatic carbocycles. The predicted octanol–water partition coefficient (Wildman–Crippen LogP) is 3.98. The van der Waals surface area contributed by atoms with Crippen LogP contribution in [0.1, 0.15) is 48.2 Å². The maximum Gasteiger partial charge on any atom is 0.303 e. The van der Waals surface area contributed by atoms with Crippen LogP contribution in [-0.4, -0.2) is 23.0 Å². The number of benzene rings is 1. The summed E-state index contributed by atoms with van der Waals surface area (Å²) >= 11 is 1.46. The van der Waals surface area contributed by atoms with Crippen LogP contribution in [0.15, 0.2) is 53.7 Å². The Labute approximate surface area is 156 Å². The Morgan fingerprint density at radius 2 is 1.92 bits per heavy atom. The summed E-state index contributed by atoms with van der Waals surface area (Å²) < 4.78 is 5.39. The van der Waals surface area contributed by atoms with Crippen molar-refractivity contribution in [1.82, 2.24) is 4.98 Å². The number of ether oxygens (including phenoxy) is 1. The van der Waals surface area contributed by atoms with Crippen LogP contribution >= 0.6 is 11.3 Å². The lowest BCUT2D eigenvalue weighted by Crippen LogP contribution is -2.36. The number of carbonyl (C=O) groups is 2. The van der Waals surface area contributed by atoms with Gasteiger partial charge in [0.15, 0.2) is 11.6 Å². The molecule has 134 valence electrons. The summed E-state index contributed by atoms with van der Waals surface area (Å²) in [6, 6.07) is 8.99. The molecule has 0 N–H and O–H groups in total. The molecule has 0 fully saturated rings. The Morgan fingerprint density at radius 3 is 2.46 bits per heavy atom. The third kappa shape index (κ3) is 3.37. The quantitative estimate of drug-likeness (QED) is 0.723. The van der Waals surface area contributed by atoms with E-state index >= 15 is 0 Å². The molecule has 0 amide bonds. The van der Waals surface area contributed by atoms with Crippen molar-refractivity contribution in [3.05, 3.63) is 64.1 Å². The monoisotopic (exact) mass is 368 g/mol. The summed E-state index contributed by atoms with van der Waals surface area (Å²) in [6.07, 6.45) is 5.77. The average molecular weight is 368 g/mol. The van der Waals surface area contributed by atoms with Gasteiger partial charge in [-0.15, -0.1) is 11.3 Å². The van der Waals surface area contributed by atoms with Crippen molar-refractivity contribution in [3.8, 4) is 0 Å². The van der Waals surface area contributed by atoms with Crippen molar-refractivity contribution in [2.75, 3.05) is 0 Å². The molecule has 0 bridgehead atoms. The molecule has 1 aliphatic heterocycles. The van der Waals surface area contributed by atoms with Gasteiger partial charge in [-0.05, 0) is 18.1 Å². The Hall–Kier alpha value is -2.60. The highest BCUT2D eigenvalue weighted by atomic mass is 32.1. The molecule has 26 heavy (non-hydrogen) atoms. The molecule has 0 spiro atoms. The van der Waals surface area contributed by atoms with E-state index in [9.17, 15) is 9.59 Å². The molecule has 0 aliphatic carbocycles. The van der Waals surface area contributed by atoms with Crippen molar-refractivity contribution < 1.29 is 14.3 Å². The van der Waals surface area contributed by atoms with Crippen LogP contribution in [0.2, 0.25) is 0 Å². The molecule has 0 radical (unpaired) electrons. The van der Waals surface area contributed by atoms with Crippen LogP contribution in [0, 0.1) is 0 Å². The van der Waals surface area contributed by atoms with E-state index in [0.29, 0.717) is 16.5 Å². The summed E-state index contributed by atoms with van der Waals surface area (Å²) in [5.74, 6) is -0.537. The number of aliphatic imine (C=N–C) groups is 1. The summed E-state index contributed by atoms with van der Waals surface area (Å²) in [7, 11) is 0. The largest absolute Gasteiger partial charge is 0.449 e. The normalized spacial score (nSPS) is 19.7. The first kappa shape index (κ1) is 18.2. The molecule has 0 saturated heterocycles. The van der Waals surface area contributed by atoms with Gasteiger partial charge in [0.1, 0.15) is 5.01 Å². The van der Waals surface area contributed by atoms with Crippen molar-refractivity contribution in [3.63, 3.8) is 0 Å². The van der Waals surface area contributed by atoms with E-state index in [1.165, 1.54) is 18.3 Å². The Kier molecular flexibility index (Phi) is 5.13. The number of allylic oxidation sites excluding steroid dienone is 1. The van der Waals surface area contributed by atoms with Gasteiger partial charge >= 0.3 is 5.97 Å². The summed E-state index contributed by atoms with van der Waals surface area (Å²) in [6.45, 7) is 5.44. The van der Waals surface area contributed by atoms with E-state index in [4.69, 9.17) is 4.74 Å². The Morgan fingerprint density at radius 1 is 1.19 bits per heavy atom. The number of hydrogen-bond acceptors (Lipinski definition) is 6. The molecular formula is C20H20N2O3S. The number of carbonyl (C=O) groups excluding carboxylic acids is 2. The van der Waals surface area contributed by atoms with Crippen LogP contribution in [0.5, 0.6) is 0 Å². The number of ketones is 1. The molecule has 6 heteroatoms. The molecule has 2 heterocycles. The van der Waals surface area contributed by atoms with Crippen LogP contribution in [0.3, 0.4) is 0 Å². The summed E-state index contributed by atoms with van der Waals surface area (Å²) in [5.41, 5.74) is -0.642. The number of Topliss-reactive ketones (excluding diaryl/α,β-unsaturated/α-hetero) is 1. The zero-order valence-electron chi connectivity index (χ0n) is 14.9. The van der Waals surface area contributed by atoms with Gasteiger partial charge in [0.2, 0.25) is 5.78 Å². The second kappa shape index (κ2) is 7.33. The standard InChI is InChI=1S/C20H20N2O3S/c1-13(2)16-12-21-19(26-16)20(10-7-11-22-20)18(24)17(25-14(3)23)15-8-5-4-6-9-15/h4-13,17H,1-3H3/t17-,20?/m0/s1. The number of rotatable bonds is 6. The zero-order chi connectivity index (χ0) is 18.7. The lowest BCUT2D eigenvalue weighted by molar-refractivity contribution is -0.155. The molecule has 5 nitrogen and oxygen atoms in total. The Bertz CT molecular complexity index is 856. The molecule has 0 saturated carbocycles. The van der Waals surface area contributed by atoms with Gasteiger partial charge in [-0.3, -0.25) is 14.6 Å². The van der Waals surface area contributed by atoms with Crippen molar-refractivity contribution in [1.29, 1.82) is 0 Å². The molecular weight excluding hydrogens is 348 g/mol. The van der Waals surface area contributed by atoms with Crippen LogP contribution in [-0.2, 0) is 19.9 Å². The predicted molar refractivity (Wildman–Crippen MR) is 101 cm³/mol. The van der Waals surface area contributed by atoms with E-state index < -0.39 is 17.6 Å². The van der Waals surface area contributed by atoms with Crippen molar-refractivity contribution in [2.45, 2.75) is 38.3 Å². The maximum absolute atomic E-state index is 13.5. The number of nitrogens with zero attached hydrogens (tertiary/aromatic N) is 2. The van der Waals surface area contributed by atoms with Gasteiger partial charge in [-0.2, -0.15) is 0 Å². The fourth-order valence-corrected chi connectivity index (χ4v) is 3.81. The van der Waals surface area contributed by atoms with Gasteiger partial charge < -0.3 is 4.74 Å². The van der Waals surface area contributed by atoms with Crippen LogP contribution < -0.4 is 0 Å². The highest BCUT2D eigenvalue weighted by Gasteiger charge is 2.46. The van der Waals surface area contributed by atoms with Crippen molar-refractivity contribution in [2.24, 2.45) is 4.99 Å². The smallest absolute Gasteiger partial charge is 0.303 e. The lowest BCUT2D eigenvalue weighted by atomic mass is 9.89. The number of aromatic nitrogens is 1. The zero-order valence-corrected chi connectivity index (χ0v) is 15.7. The number of esters is 1. The fraction of sp³-hybridized carbons (Fsp3) is 0.300. The second-order valence-corrected chi connectivity index (χ2v) is 7.45. The molecule has 2 atom stereocenters. The van der Waals surface area contributed by atoms with E-state index in [0.717, 1.165) is 4.88 Å². The fourth-order valence-electron chi connectivity index (χ4n) is 2.76. The first-order valence-corrected chi connectivity index (χ1v) is 9.21. The van der Waals surface area contributed by atoms with Gasteiger partial charge in [0.25, 0.3) is 0 Å². The minimum Gasteiger partial charge on any atom is -0.449 e. The maximum atomic E-state index is 13.5. The lowest BCUT2D eigenvalue weighted by Gasteiger charge is -2.26. The third-order valence-electron chi connectivity index (χ3n) is 4.12. The minimum absolute atomic E-state index is 0.307. The summed E-state index contributed by atoms with van der Waals surface area (Å²) in [4.78, 5) is 35.1. The topological polar surface area (TPSA) is 68.6 Å². The molecule has 3 rings (SSSR count). The van der Waals surface area contributed by atoms with Crippen LogP contribution in [0.4, 0.5) is 0 Å². The van der Waals surface area contributed by atoms with Gasteiger partial charge in [0, 0.05) is 29.8 Å². The highest BCUT2D eigenvalue weighted by Crippen LogP contribution is 2.40. The molecule has 1 aliphatic rings. The molecule has 1 aromatic heterocycles. The van der Waals surface area contributed by atoms with E-state index in [1.54, 1.807) is 48.8 Å². The first-order chi connectivity index (χ1) is 12.4. The minimum atomic E-state index is -1.26.